The van der Waals surface area contributed by atoms with E-state index >= 15 is 0 Å². The second kappa shape index (κ2) is 6.47. The minimum absolute atomic E-state index is 0.722. The van der Waals surface area contributed by atoms with Crippen molar-refractivity contribution in [3.63, 3.8) is 0 Å². The van der Waals surface area contributed by atoms with Crippen molar-refractivity contribution in [2.45, 2.75) is 19.9 Å². The van der Waals surface area contributed by atoms with Crippen molar-refractivity contribution in [3.05, 3.63) is 47.2 Å². The molecular formula is C14H16ClN3. The van der Waals surface area contributed by atoms with E-state index in [2.05, 4.69) is 22.2 Å². The molecule has 0 aliphatic heterocycles. The summed E-state index contributed by atoms with van der Waals surface area (Å²) >= 11 is 5.86. The van der Waals surface area contributed by atoms with E-state index < -0.39 is 0 Å². The van der Waals surface area contributed by atoms with Crippen LogP contribution >= 0.6 is 11.6 Å². The monoisotopic (exact) mass is 261 g/mol. The number of hydrogen-bond donors (Lipinski definition) is 1. The molecule has 0 unspecified atom stereocenters. The first-order valence-electron chi connectivity index (χ1n) is 6.08. The van der Waals surface area contributed by atoms with Gasteiger partial charge in [-0.3, -0.25) is 0 Å². The molecule has 1 aromatic heterocycles. The Kier molecular flexibility index (Phi) is 4.67. The topological polar surface area (TPSA) is 37.8 Å². The second-order valence-corrected chi connectivity index (χ2v) is 4.49. The zero-order chi connectivity index (χ0) is 12.8. The van der Waals surface area contributed by atoms with Crippen LogP contribution in [-0.4, -0.2) is 16.5 Å². The van der Waals surface area contributed by atoms with Crippen LogP contribution in [0.5, 0.6) is 0 Å². The molecule has 94 valence electrons. The lowest BCUT2D eigenvalue weighted by atomic mass is 10.2. The van der Waals surface area contributed by atoms with Crippen LogP contribution in [0.2, 0.25) is 5.02 Å². The average Bonchev–Trinajstić information content (AvgIpc) is 2.40. The van der Waals surface area contributed by atoms with Crippen molar-refractivity contribution in [2.24, 2.45) is 0 Å². The van der Waals surface area contributed by atoms with Crippen LogP contribution in [0.15, 0.2) is 36.5 Å². The van der Waals surface area contributed by atoms with Gasteiger partial charge in [0.05, 0.1) is 5.69 Å². The van der Waals surface area contributed by atoms with Crippen molar-refractivity contribution < 1.29 is 0 Å². The van der Waals surface area contributed by atoms with E-state index in [9.17, 15) is 0 Å². The summed E-state index contributed by atoms with van der Waals surface area (Å²) in [5, 5.41) is 4.05. The molecule has 0 fully saturated rings. The van der Waals surface area contributed by atoms with Gasteiger partial charge in [-0.05, 0) is 43.3 Å². The van der Waals surface area contributed by atoms with Crippen molar-refractivity contribution in [1.29, 1.82) is 0 Å². The van der Waals surface area contributed by atoms with E-state index in [1.807, 2.05) is 30.3 Å². The SMILES string of the molecule is CCCNCc1ccnc(-c2ccc(Cl)cc2)n1. The maximum absolute atomic E-state index is 5.86. The van der Waals surface area contributed by atoms with Gasteiger partial charge >= 0.3 is 0 Å². The van der Waals surface area contributed by atoms with Gasteiger partial charge in [-0.1, -0.05) is 18.5 Å². The van der Waals surface area contributed by atoms with Crippen molar-refractivity contribution in [3.8, 4) is 11.4 Å². The molecule has 2 rings (SSSR count). The van der Waals surface area contributed by atoms with Crippen LogP contribution in [0.25, 0.3) is 11.4 Å². The van der Waals surface area contributed by atoms with E-state index in [0.717, 1.165) is 41.6 Å². The number of aromatic nitrogens is 2. The molecule has 0 saturated heterocycles. The predicted molar refractivity (Wildman–Crippen MR) is 74.5 cm³/mol. The molecule has 18 heavy (non-hydrogen) atoms. The maximum atomic E-state index is 5.86. The Bertz CT molecular complexity index is 497. The minimum atomic E-state index is 0.722. The summed E-state index contributed by atoms with van der Waals surface area (Å²) in [7, 11) is 0. The molecule has 0 bridgehead atoms. The summed E-state index contributed by atoms with van der Waals surface area (Å²) in [6, 6.07) is 9.49. The van der Waals surface area contributed by atoms with Gasteiger partial charge in [0, 0.05) is 23.3 Å². The smallest absolute Gasteiger partial charge is 0.159 e. The van der Waals surface area contributed by atoms with Crippen molar-refractivity contribution >= 4 is 11.6 Å². The fraction of sp³-hybridized carbons (Fsp3) is 0.286. The van der Waals surface area contributed by atoms with Crippen LogP contribution in [0.3, 0.4) is 0 Å². The van der Waals surface area contributed by atoms with Gasteiger partial charge in [0.15, 0.2) is 5.82 Å². The highest BCUT2D eigenvalue weighted by Gasteiger charge is 2.02. The summed E-state index contributed by atoms with van der Waals surface area (Å²) in [4.78, 5) is 8.81. The van der Waals surface area contributed by atoms with Crippen LogP contribution in [-0.2, 0) is 6.54 Å². The fourth-order valence-corrected chi connectivity index (χ4v) is 1.75. The molecule has 1 heterocycles. The largest absolute Gasteiger partial charge is 0.311 e. The van der Waals surface area contributed by atoms with Crippen molar-refractivity contribution in [2.75, 3.05) is 6.54 Å². The Morgan fingerprint density at radius 2 is 1.94 bits per heavy atom. The molecule has 2 aromatic rings. The molecule has 0 aliphatic carbocycles. The van der Waals surface area contributed by atoms with Gasteiger partial charge in [-0.15, -0.1) is 0 Å². The van der Waals surface area contributed by atoms with Crippen LogP contribution < -0.4 is 5.32 Å². The quantitative estimate of drug-likeness (QED) is 0.840. The lowest BCUT2D eigenvalue weighted by Gasteiger charge is -2.05. The predicted octanol–water partition coefficient (Wildman–Crippen LogP) is 3.30. The number of rotatable bonds is 5. The first-order chi connectivity index (χ1) is 8.79. The van der Waals surface area contributed by atoms with E-state index in [1.165, 1.54) is 0 Å². The van der Waals surface area contributed by atoms with E-state index in [4.69, 9.17) is 11.6 Å². The highest BCUT2D eigenvalue weighted by atomic mass is 35.5. The van der Waals surface area contributed by atoms with Gasteiger partial charge in [-0.25, -0.2) is 9.97 Å². The lowest BCUT2D eigenvalue weighted by molar-refractivity contribution is 0.663. The summed E-state index contributed by atoms with van der Waals surface area (Å²) in [5.74, 6) is 0.738. The molecule has 0 atom stereocenters. The van der Waals surface area contributed by atoms with Gasteiger partial charge < -0.3 is 5.32 Å². The van der Waals surface area contributed by atoms with Crippen LogP contribution in [0.4, 0.5) is 0 Å². The zero-order valence-electron chi connectivity index (χ0n) is 10.4. The first kappa shape index (κ1) is 13.0. The third kappa shape index (κ3) is 3.52. The zero-order valence-corrected chi connectivity index (χ0v) is 11.1. The van der Waals surface area contributed by atoms with Gasteiger partial charge in [0.2, 0.25) is 0 Å². The third-order valence-corrected chi connectivity index (χ3v) is 2.80. The second-order valence-electron chi connectivity index (χ2n) is 4.06. The summed E-state index contributed by atoms with van der Waals surface area (Å²) < 4.78 is 0. The molecule has 0 spiro atoms. The molecule has 0 aliphatic rings. The Morgan fingerprint density at radius 3 is 2.67 bits per heavy atom. The Labute approximate surface area is 112 Å². The number of nitrogens with zero attached hydrogens (tertiary/aromatic N) is 2. The van der Waals surface area contributed by atoms with Crippen LogP contribution in [0.1, 0.15) is 19.0 Å². The molecule has 0 radical (unpaired) electrons. The molecule has 0 amide bonds. The Balaban J connectivity index is 2.13. The van der Waals surface area contributed by atoms with Crippen LogP contribution in [0, 0.1) is 0 Å². The highest BCUT2D eigenvalue weighted by Crippen LogP contribution is 2.17. The normalized spacial score (nSPS) is 10.6. The molecule has 1 N–H and O–H groups in total. The minimum Gasteiger partial charge on any atom is -0.311 e. The van der Waals surface area contributed by atoms with E-state index in [0.29, 0.717) is 0 Å². The number of halogens is 1. The first-order valence-corrected chi connectivity index (χ1v) is 6.46. The molecular weight excluding hydrogens is 246 g/mol. The standard InChI is InChI=1S/C14H16ClN3/c1-2-8-16-10-13-7-9-17-14(18-13)11-3-5-12(15)6-4-11/h3-7,9,16H,2,8,10H2,1H3. The van der Waals surface area contributed by atoms with Gasteiger partial charge in [0.25, 0.3) is 0 Å². The number of benzene rings is 1. The maximum Gasteiger partial charge on any atom is 0.159 e. The fourth-order valence-electron chi connectivity index (χ4n) is 1.63. The van der Waals surface area contributed by atoms with E-state index in [-0.39, 0.29) is 0 Å². The summed E-state index contributed by atoms with van der Waals surface area (Å²) in [6.45, 7) is 3.92. The lowest BCUT2D eigenvalue weighted by Crippen LogP contribution is -2.15. The Hall–Kier alpha value is -1.45. The number of nitrogens with one attached hydrogen (secondary N) is 1. The summed E-state index contributed by atoms with van der Waals surface area (Å²) in [5.41, 5.74) is 1.99. The van der Waals surface area contributed by atoms with E-state index in [1.54, 1.807) is 6.20 Å². The highest BCUT2D eigenvalue weighted by molar-refractivity contribution is 6.30. The third-order valence-electron chi connectivity index (χ3n) is 2.55. The Morgan fingerprint density at radius 1 is 1.17 bits per heavy atom. The molecule has 4 heteroatoms. The number of hydrogen-bond acceptors (Lipinski definition) is 3. The summed E-state index contributed by atoms with van der Waals surface area (Å²) in [6.07, 6.45) is 2.91. The van der Waals surface area contributed by atoms with Gasteiger partial charge in [-0.2, -0.15) is 0 Å². The average molecular weight is 262 g/mol. The molecule has 3 nitrogen and oxygen atoms in total. The molecule has 1 aromatic carbocycles. The molecule has 0 saturated carbocycles. The van der Waals surface area contributed by atoms with Gasteiger partial charge in [0.1, 0.15) is 0 Å². The van der Waals surface area contributed by atoms with Crippen molar-refractivity contribution in [1.82, 2.24) is 15.3 Å².